The average molecular weight is 246 g/mol. The molecule has 4 aliphatic rings. The van der Waals surface area contributed by atoms with Crippen molar-refractivity contribution in [1.29, 1.82) is 0 Å². The van der Waals surface area contributed by atoms with E-state index in [1.54, 1.807) is 0 Å². The summed E-state index contributed by atoms with van der Waals surface area (Å²) in [7, 11) is 0. The van der Waals surface area contributed by atoms with Crippen LogP contribution in [0.5, 0.6) is 11.5 Å². The zero-order valence-corrected chi connectivity index (χ0v) is 9.87. The first-order chi connectivity index (χ1) is 8.83. The molecule has 0 aromatic heterocycles. The van der Waals surface area contributed by atoms with E-state index in [1.807, 2.05) is 24.3 Å². The Morgan fingerprint density at radius 1 is 1.00 bits per heavy atom. The van der Waals surface area contributed by atoms with Crippen molar-refractivity contribution in [2.24, 2.45) is 11.8 Å². The number of hydrogen-bond donors (Lipinski definition) is 0. The molecular weight excluding hydrogens is 232 g/mol. The molecule has 1 spiro atoms. The van der Waals surface area contributed by atoms with E-state index in [0.717, 1.165) is 6.42 Å². The molecule has 4 atom stereocenters. The normalized spacial score (nSPS) is 41.6. The predicted octanol–water partition coefficient (Wildman–Crippen LogP) is 2.28. The van der Waals surface area contributed by atoms with E-state index in [2.05, 4.69) is 0 Å². The number of benzene rings is 1. The molecule has 18 heavy (non-hydrogen) atoms. The molecule has 1 aromatic rings. The van der Waals surface area contributed by atoms with Gasteiger partial charge in [0.15, 0.2) is 11.5 Å². The van der Waals surface area contributed by atoms with Crippen molar-refractivity contribution in [2.45, 2.75) is 37.6 Å². The van der Waals surface area contributed by atoms with Crippen LogP contribution in [0.15, 0.2) is 24.3 Å². The average Bonchev–Trinajstić information content (AvgIpc) is 2.98. The Bertz CT molecular complexity index is 489. The van der Waals surface area contributed by atoms with Crippen LogP contribution in [-0.2, 0) is 9.47 Å². The van der Waals surface area contributed by atoms with Gasteiger partial charge in [-0.25, -0.2) is 0 Å². The standard InChI is InChI=1S/C14H14O4/c1-2-4-11-10(3-1)15-14(16-11)17-12-7-8-5-6-9(12)13(8)18-14/h1-4,8-9,12-13H,5-7H2/t8-,9+,12-,13+/m1/s1. The molecule has 1 saturated heterocycles. The third-order valence-corrected chi connectivity index (χ3v) is 4.67. The summed E-state index contributed by atoms with van der Waals surface area (Å²) in [5, 5.41) is 0. The van der Waals surface area contributed by atoms with E-state index >= 15 is 0 Å². The number of rotatable bonds is 0. The van der Waals surface area contributed by atoms with Gasteiger partial charge in [0, 0.05) is 5.92 Å². The van der Waals surface area contributed by atoms with Gasteiger partial charge in [0.25, 0.3) is 0 Å². The van der Waals surface area contributed by atoms with E-state index in [1.165, 1.54) is 12.8 Å². The summed E-state index contributed by atoms with van der Waals surface area (Å²) < 4.78 is 23.6. The fourth-order valence-electron chi connectivity index (χ4n) is 3.91. The Balaban J connectivity index is 1.50. The van der Waals surface area contributed by atoms with E-state index in [0.29, 0.717) is 23.3 Å². The zero-order chi connectivity index (χ0) is 11.7. The minimum absolute atomic E-state index is 0.233. The molecule has 0 amide bonds. The molecule has 94 valence electrons. The molecule has 1 aromatic carbocycles. The van der Waals surface area contributed by atoms with Gasteiger partial charge in [-0.1, -0.05) is 12.1 Å². The quantitative estimate of drug-likeness (QED) is 0.703. The van der Waals surface area contributed by atoms with E-state index in [-0.39, 0.29) is 12.2 Å². The van der Waals surface area contributed by atoms with Gasteiger partial charge in [0.05, 0.1) is 12.2 Å². The molecule has 2 saturated carbocycles. The van der Waals surface area contributed by atoms with Crippen LogP contribution in [0, 0.1) is 11.8 Å². The highest BCUT2D eigenvalue weighted by molar-refractivity contribution is 5.42. The first kappa shape index (κ1) is 9.64. The van der Waals surface area contributed by atoms with Crippen LogP contribution in [0.4, 0.5) is 0 Å². The van der Waals surface area contributed by atoms with Crippen molar-refractivity contribution in [3.05, 3.63) is 24.3 Å². The molecule has 4 bridgehead atoms. The first-order valence-corrected chi connectivity index (χ1v) is 6.66. The third kappa shape index (κ3) is 1.08. The van der Waals surface area contributed by atoms with Gasteiger partial charge in [-0.05, 0) is 37.3 Å². The van der Waals surface area contributed by atoms with Gasteiger partial charge in [0.2, 0.25) is 0 Å². The number of ether oxygens (including phenoxy) is 4. The largest absolute Gasteiger partial charge is 0.510 e. The van der Waals surface area contributed by atoms with Crippen molar-refractivity contribution in [3.8, 4) is 11.5 Å². The summed E-state index contributed by atoms with van der Waals surface area (Å²) in [6.45, 7) is 0. The first-order valence-electron chi connectivity index (χ1n) is 6.66. The van der Waals surface area contributed by atoms with Gasteiger partial charge in [0.1, 0.15) is 0 Å². The fraction of sp³-hybridized carbons (Fsp3) is 0.571. The Morgan fingerprint density at radius 3 is 2.50 bits per heavy atom. The van der Waals surface area contributed by atoms with Gasteiger partial charge in [-0.15, -0.1) is 0 Å². The Labute approximate surface area is 105 Å². The van der Waals surface area contributed by atoms with Crippen LogP contribution in [0.3, 0.4) is 0 Å². The van der Waals surface area contributed by atoms with Gasteiger partial charge >= 0.3 is 6.16 Å². The van der Waals surface area contributed by atoms with Crippen LogP contribution >= 0.6 is 0 Å². The molecule has 3 fully saturated rings. The molecule has 2 aliphatic carbocycles. The summed E-state index contributed by atoms with van der Waals surface area (Å²) in [6, 6.07) is 7.59. The molecule has 0 radical (unpaired) electrons. The zero-order valence-electron chi connectivity index (χ0n) is 9.87. The summed E-state index contributed by atoms with van der Waals surface area (Å²) in [4.78, 5) is 0. The Hall–Kier alpha value is -1.26. The minimum atomic E-state index is -1.31. The lowest BCUT2D eigenvalue weighted by molar-refractivity contribution is -0.470. The lowest BCUT2D eigenvalue weighted by Crippen LogP contribution is -2.54. The van der Waals surface area contributed by atoms with E-state index in [4.69, 9.17) is 18.9 Å². The molecule has 0 N–H and O–H groups in total. The van der Waals surface area contributed by atoms with E-state index in [9.17, 15) is 0 Å². The maximum absolute atomic E-state index is 6.03. The molecular formula is C14H14O4. The lowest BCUT2D eigenvalue weighted by atomic mass is 9.98. The Morgan fingerprint density at radius 2 is 1.78 bits per heavy atom. The van der Waals surface area contributed by atoms with Crippen LogP contribution in [0.25, 0.3) is 0 Å². The summed E-state index contributed by atoms with van der Waals surface area (Å²) in [5.74, 6) is 2.56. The maximum atomic E-state index is 6.03. The molecule has 4 nitrogen and oxygen atoms in total. The summed E-state index contributed by atoms with van der Waals surface area (Å²) in [6.07, 6.45) is 2.71. The van der Waals surface area contributed by atoms with Crippen molar-refractivity contribution in [2.75, 3.05) is 0 Å². The topological polar surface area (TPSA) is 36.9 Å². The SMILES string of the molecule is c1ccc2c(c1)OC1(O2)O[C@H]2[C@@H]3CC[C@H]2[C@@H](C3)O1. The monoisotopic (exact) mass is 246 g/mol. The molecule has 4 heteroatoms. The second-order valence-electron chi connectivity index (χ2n) is 5.63. The second-order valence-corrected chi connectivity index (χ2v) is 5.63. The van der Waals surface area contributed by atoms with Gasteiger partial charge < -0.3 is 9.47 Å². The van der Waals surface area contributed by atoms with E-state index < -0.39 is 6.16 Å². The Kier molecular flexibility index (Phi) is 1.61. The van der Waals surface area contributed by atoms with Gasteiger partial charge in [-0.3, -0.25) is 9.47 Å². The summed E-state index contributed by atoms with van der Waals surface area (Å²) in [5.41, 5.74) is 0. The number of hydrogen-bond acceptors (Lipinski definition) is 4. The van der Waals surface area contributed by atoms with Crippen LogP contribution in [-0.4, -0.2) is 18.4 Å². The molecule has 5 rings (SSSR count). The maximum Gasteiger partial charge on any atom is 0.510 e. The predicted molar refractivity (Wildman–Crippen MR) is 61.0 cm³/mol. The molecule has 0 unspecified atom stereocenters. The van der Waals surface area contributed by atoms with Crippen molar-refractivity contribution >= 4 is 0 Å². The van der Waals surface area contributed by atoms with Crippen LogP contribution in [0.1, 0.15) is 19.3 Å². The fourth-order valence-corrected chi connectivity index (χ4v) is 3.91. The number of fused-ring (bicyclic) bond motifs is 1. The highest BCUT2D eigenvalue weighted by Crippen LogP contribution is 2.55. The number of para-hydroxylation sites is 2. The second kappa shape index (κ2) is 3.00. The third-order valence-electron chi connectivity index (χ3n) is 4.67. The van der Waals surface area contributed by atoms with Crippen molar-refractivity contribution in [3.63, 3.8) is 0 Å². The smallest absolute Gasteiger partial charge is 0.403 e. The lowest BCUT2D eigenvalue weighted by Gasteiger charge is -2.37. The van der Waals surface area contributed by atoms with Crippen molar-refractivity contribution < 1.29 is 18.9 Å². The van der Waals surface area contributed by atoms with Gasteiger partial charge in [-0.2, -0.15) is 0 Å². The molecule has 2 aliphatic heterocycles. The minimum Gasteiger partial charge on any atom is -0.403 e. The van der Waals surface area contributed by atoms with Crippen LogP contribution in [0.2, 0.25) is 0 Å². The summed E-state index contributed by atoms with van der Waals surface area (Å²) >= 11 is 0. The van der Waals surface area contributed by atoms with Crippen molar-refractivity contribution in [1.82, 2.24) is 0 Å². The van der Waals surface area contributed by atoms with Crippen LogP contribution < -0.4 is 9.47 Å². The molecule has 2 heterocycles. The highest BCUT2D eigenvalue weighted by Gasteiger charge is 2.63. The highest BCUT2D eigenvalue weighted by atomic mass is 17.0.